The Morgan fingerprint density at radius 2 is 0.375 bits per heavy atom. The van der Waals surface area contributed by atoms with E-state index in [0.717, 1.165) is 132 Å². The Morgan fingerprint density at radius 3 is 0.758 bits per heavy atom. The van der Waals surface area contributed by atoms with Crippen LogP contribution >= 0.6 is 0 Å². The van der Waals surface area contributed by atoms with Crippen LogP contribution in [0.3, 0.4) is 0 Å². The molecule has 588 valence electrons. The summed E-state index contributed by atoms with van der Waals surface area (Å²) < 4.78 is 27.2. The Hall–Kier alpha value is -16.9. The molecule has 0 saturated carbocycles. The van der Waals surface area contributed by atoms with E-state index in [1.807, 2.05) is 0 Å². The summed E-state index contributed by atoms with van der Waals surface area (Å²) >= 11 is 0. The summed E-state index contributed by atoms with van der Waals surface area (Å²) in [6.07, 6.45) is 0. The quantitative estimate of drug-likeness (QED) is 0.123. The Kier molecular flexibility index (Phi) is 14.3. The van der Waals surface area contributed by atoms with E-state index in [1.54, 1.807) is 0 Å². The molecule has 0 N–H and O–H groups in total. The minimum atomic E-state index is 0.891. The van der Waals surface area contributed by atoms with Crippen LogP contribution in [0.4, 0.5) is 0 Å². The van der Waals surface area contributed by atoms with Gasteiger partial charge in [0.2, 0.25) is 0 Å². The van der Waals surface area contributed by atoms with E-state index < -0.39 is 0 Å². The lowest BCUT2D eigenvalue weighted by Gasteiger charge is -2.21. The number of hydrogen-bond donors (Lipinski definition) is 0. The molecule has 0 aliphatic carbocycles. The van der Waals surface area contributed by atoms with Crippen LogP contribution in [0.25, 0.3) is 305 Å². The second kappa shape index (κ2) is 26.3. The topological polar surface area (TPSA) is 52.6 Å². The molecule has 0 amide bonds. The molecule has 4 heterocycles. The van der Waals surface area contributed by atoms with Gasteiger partial charge in [-0.2, -0.15) is 0 Å². The minimum Gasteiger partial charge on any atom is -0.456 e. The van der Waals surface area contributed by atoms with Crippen LogP contribution in [-0.4, -0.2) is 0 Å². The van der Waals surface area contributed by atoms with Crippen LogP contribution in [0.5, 0.6) is 0 Å². The lowest BCUT2D eigenvalue weighted by atomic mass is 9.81. The second-order valence-electron chi connectivity index (χ2n) is 34.8. The third-order valence-electron chi connectivity index (χ3n) is 28.3. The van der Waals surface area contributed by atoms with Crippen molar-refractivity contribution in [2.24, 2.45) is 0 Å². The molecule has 0 aliphatic heterocycles. The maximum Gasteiger partial charge on any atom is 0.143 e. The molecule has 0 saturated heterocycles. The average molecular weight is 1620 g/mol. The maximum absolute atomic E-state index is 6.93. The van der Waals surface area contributed by atoms with E-state index in [9.17, 15) is 0 Å². The van der Waals surface area contributed by atoms with Gasteiger partial charge in [0, 0.05) is 65.3 Å². The van der Waals surface area contributed by atoms with Crippen LogP contribution < -0.4 is 0 Å². The highest BCUT2D eigenvalue weighted by Gasteiger charge is 2.29. The predicted octanol–water partition coefficient (Wildman–Crippen LogP) is 36.0. The summed E-state index contributed by atoms with van der Waals surface area (Å²) in [7, 11) is 0. The van der Waals surface area contributed by atoms with Gasteiger partial charge in [0.1, 0.15) is 44.7 Å². The minimum absolute atomic E-state index is 0.891. The van der Waals surface area contributed by atoms with Gasteiger partial charge in [-0.05, 0) is 268 Å². The standard InChI is InChI=1S/2C62H34O2/c1-3-18-40-37(13-1)32-54-61(47-20-5-7-27-52(47)63-54)59(40)44-25-11-23-42-49(44)34-50-43(58(42)51-31-39-17-9-15-35-29-30-36-16-10-22-46(51)57(36)56(35)39)24-12-26-45(50)60-41-19-4-2-14-38(41)33-55-62(60)48-21-6-8-28-53(48)64-55;1-3-18-40-37(13-1)31-52-42-20-5-7-27-54(42)63-61(52)59(40)46-25-11-23-44-49(46)34-50-45(58(44)51-33-39-17-9-15-35-29-30-36-16-10-22-48(51)57(36)56(35)39)24-12-26-47(50)60-41-19-4-2-14-38(41)32-53-43-21-6-8-28-55(43)64-62(53)60/h2*1-34H. The summed E-state index contributed by atoms with van der Waals surface area (Å²) in [5.74, 6) is 0. The smallest absolute Gasteiger partial charge is 0.143 e. The van der Waals surface area contributed by atoms with Gasteiger partial charge >= 0.3 is 0 Å². The number of fused-ring (bicyclic) bond motifs is 20. The first-order chi connectivity index (χ1) is 63.5. The number of hydrogen-bond acceptors (Lipinski definition) is 4. The molecule has 128 heavy (non-hydrogen) atoms. The third-order valence-corrected chi connectivity index (χ3v) is 28.3. The summed E-state index contributed by atoms with van der Waals surface area (Å²) in [6.45, 7) is 0. The Balaban J connectivity index is 0.000000127. The molecule has 4 heteroatoms. The zero-order valence-corrected chi connectivity index (χ0v) is 68.9. The van der Waals surface area contributed by atoms with Crippen molar-refractivity contribution in [2.45, 2.75) is 0 Å². The van der Waals surface area contributed by atoms with Crippen molar-refractivity contribution in [3.63, 3.8) is 0 Å². The van der Waals surface area contributed by atoms with E-state index >= 15 is 0 Å². The molecule has 4 nitrogen and oxygen atoms in total. The molecular formula is C124H68O4. The third kappa shape index (κ3) is 9.77. The zero-order chi connectivity index (χ0) is 83.2. The molecule has 0 atom stereocenters. The molecule has 0 spiro atoms. The van der Waals surface area contributed by atoms with Gasteiger partial charge in [-0.25, -0.2) is 0 Å². The van der Waals surface area contributed by atoms with Gasteiger partial charge in [-0.15, -0.1) is 0 Å². The monoisotopic (exact) mass is 1620 g/mol. The fourth-order valence-corrected chi connectivity index (χ4v) is 23.0. The van der Waals surface area contributed by atoms with E-state index in [1.165, 1.54) is 174 Å². The van der Waals surface area contributed by atoms with E-state index in [-0.39, 0.29) is 0 Å². The van der Waals surface area contributed by atoms with E-state index in [0.29, 0.717) is 0 Å². The van der Waals surface area contributed by atoms with Gasteiger partial charge in [0.05, 0.1) is 0 Å². The number of furan rings is 4. The summed E-state index contributed by atoms with van der Waals surface area (Å²) in [5.41, 5.74) is 21.3. The first-order valence-corrected chi connectivity index (χ1v) is 44.1. The fourth-order valence-electron chi connectivity index (χ4n) is 23.0. The van der Waals surface area contributed by atoms with Gasteiger partial charge in [0.15, 0.2) is 0 Å². The first kappa shape index (κ1) is 69.6. The lowest BCUT2D eigenvalue weighted by Crippen LogP contribution is -1.94. The van der Waals surface area contributed by atoms with Crippen molar-refractivity contribution < 1.29 is 17.7 Å². The number of rotatable bonds is 6. The van der Waals surface area contributed by atoms with Crippen LogP contribution in [-0.2, 0) is 0 Å². The maximum atomic E-state index is 6.93. The van der Waals surface area contributed by atoms with Crippen molar-refractivity contribution in [1.82, 2.24) is 0 Å². The van der Waals surface area contributed by atoms with Gasteiger partial charge in [0.25, 0.3) is 0 Å². The Bertz CT molecular complexity index is 9700. The van der Waals surface area contributed by atoms with Gasteiger partial charge in [-0.1, -0.05) is 340 Å². The fraction of sp³-hybridized carbons (Fsp3) is 0. The van der Waals surface area contributed by atoms with Crippen LogP contribution in [0.15, 0.2) is 430 Å². The number of para-hydroxylation sites is 4. The highest BCUT2D eigenvalue weighted by atomic mass is 16.3. The number of benzene rings is 26. The predicted molar refractivity (Wildman–Crippen MR) is 542 cm³/mol. The van der Waals surface area contributed by atoms with Crippen molar-refractivity contribution in [3.05, 3.63) is 413 Å². The Labute approximate surface area is 730 Å². The molecule has 0 radical (unpaired) electrons. The van der Waals surface area contributed by atoms with Crippen molar-refractivity contribution in [2.75, 3.05) is 0 Å². The van der Waals surface area contributed by atoms with E-state index in [2.05, 4.69) is 413 Å². The van der Waals surface area contributed by atoms with Crippen LogP contribution in [0.1, 0.15) is 0 Å². The van der Waals surface area contributed by atoms with Gasteiger partial charge < -0.3 is 17.7 Å². The van der Waals surface area contributed by atoms with Crippen LogP contribution in [0.2, 0.25) is 0 Å². The molecule has 30 aromatic rings. The molecular weight excluding hydrogens is 1550 g/mol. The average Bonchev–Trinajstić information content (AvgIpc) is 0.796. The van der Waals surface area contributed by atoms with Crippen LogP contribution in [0, 0.1) is 0 Å². The van der Waals surface area contributed by atoms with Crippen molar-refractivity contribution in [3.8, 4) is 66.8 Å². The molecule has 0 unspecified atom stereocenters. The molecule has 4 aromatic heterocycles. The highest BCUT2D eigenvalue weighted by molar-refractivity contribution is 6.36. The molecule has 0 aliphatic rings. The molecule has 30 rings (SSSR count). The normalized spacial score (nSPS) is 12.4. The molecule has 26 aromatic carbocycles. The highest BCUT2D eigenvalue weighted by Crippen LogP contribution is 2.56. The van der Waals surface area contributed by atoms with Gasteiger partial charge in [-0.3, -0.25) is 0 Å². The van der Waals surface area contributed by atoms with Crippen molar-refractivity contribution in [1.29, 1.82) is 0 Å². The second-order valence-corrected chi connectivity index (χ2v) is 34.8. The first-order valence-electron chi connectivity index (χ1n) is 44.1. The summed E-state index contributed by atoms with van der Waals surface area (Å²) in [5, 5.41) is 43.2. The molecule has 0 bridgehead atoms. The largest absolute Gasteiger partial charge is 0.456 e. The zero-order valence-electron chi connectivity index (χ0n) is 68.9. The SMILES string of the molecule is c1ccc2c(-c3cccc4c(-c5cc6cccc7ccc8cccc5c8c76)c5cccc(-c6c7ccccc7cc7c6oc6ccccc67)c5cc34)c3oc4ccccc4c3cc2c1.c1ccc2c(-c3cccc4c(-c5cc6cccc7ccc8cccc5c8c76)c5cccc(-c6c7ccccc7cc7oc8ccccc8c67)c5cc34)c3c(cc2c1)oc1ccccc13. The van der Waals surface area contributed by atoms with Crippen molar-refractivity contribution >= 4 is 239 Å². The summed E-state index contributed by atoms with van der Waals surface area (Å²) in [4.78, 5) is 0. The molecule has 0 fully saturated rings. The Morgan fingerprint density at radius 1 is 0.109 bits per heavy atom. The lowest BCUT2D eigenvalue weighted by molar-refractivity contribution is 0.669. The van der Waals surface area contributed by atoms with E-state index in [4.69, 9.17) is 17.7 Å². The summed E-state index contributed by atoms with van der Waals surface area (Å²) in [6, 6.07) is 152.